The molecular weight excluding hydrogens is 210 g/mol. The molecule has 0 aliphatic rings. The molecule has 0 fully saturated rings. The van der Waals surface area contributed by atoms with Crippen LogP contribution in [0.1, 0.15) is 10.5 Å². The summed E-state index contributed by atoms with van der Waals surface area (Å²) >= 11 is 0. The minimum Gasteiger partial charge on any atom is -0.476 e. The Morgan fingerprint density at radius 2 is 1.93 bits per heavy atom. The highest BCUT2D eigenvalue weighted by molar-refractivity contribution is 5.92. The Morgan fingerprint density at radius 3 is 2.33 bits per heavy atom. The molecule has 9 nitrogen and oxygen atoms in total. The average molecular weight is 213 g/mol. The zero-order valence-electron chi connectivity index (χ0n) is 6.98. The van der Waals surface area contributed by atoms with Crippen LogP contribution in [0.5, 0.6) is 0 Å². The molecule has 0 spiro atoms. The van der Waals surface area contributed by atoms with E-state index in [4.69, 9.17) is 5.11 Å². The van der Waals surface area contributed by atoms with E-state index < -0.39 is 32.9 Å². The Morgan fingerprint density at radius 1 is 1.33 bits per heavy atom. The van der Waals surface area contributed by atoms with E-state index in [0.29, 0.717) is 0 Å². The molecule has 0 radical (unpaired) electrons. The molecule has 78 valence electrons. The molecule has 0 aliphatic carbocycles. The number of nitro groups is 2. The van der Waals surface area contributed by atoms with Gasteiger partial charge in [0.05, 0.1) is 9.85 Å². The molecule has 1 heterocycles. The summed E-state index contributed by atoms with van der Waals surface area (Å²) in [5.41, 5.74) is -2.96. The smallest absolute Gasteiger partial charge is 0.378 e. The first kappa shape index (κ1) is 10.5. The van der Waals surface area contributed by atoms with E-state index in [2.05, 4.69) is 4.98 Å². The second-order valence-corrected chi connectivity index (χ2v) is 2.35. The van der Waals surface area contributed by atoms with Crippen molar-refractivity contribution in [3.8, 4) is 0 Å². The quantitative estimate of drug-likeness (QED) is 0.572. The maximum absolute atomic E-state index is 10.5. The van der Waals surface area contributed by atoms with E-state index in [0.717, 1.165) is 12.3 Å². The first-order chi connectivity index (χ1) is 6.95. The lowest BCUT2D eigenvalue weighted by atomic mass is 10.2. The van der Waals surface area contributed by atoms with Crippen molar-refractivity contribution in [2.75, 3.05) is 0 Å². The van der Waals surface area contributed by atoms with Crippen LogP contribution in [0, 0.1) is 20.2 Å². The van der Waals surface area contributed by atoms with Crippen LogP contribution in [0.25, 0.3) is 0 Å². The van der Waals surface area contributed by atoms with Crippen molar-refractivity contribution >= 4 is 17.3 Å². The van der Waals surface area contributed by atoms with Gasteiger partial charge in [-0.25, -0.2) is 9.78 Å². The first-order valence-electron chi connectivity index (χ1n) is 3.46. The highest BCUT2D eigenvalue weighted by Gasteiger charge is 2.32. The van der Waals surface area contributed by atoms with E-state index in [1.165, 1.54) is 0 Å². The normalized spacial score (nSPS) is 9.60. The van der Waals surface area contributed by atoms with Crippen molar-refractivity contribution in [3.63, 3.8) is 0 Å². The monoisotopic (exact) mass is 213 g/mol. The lowest BCUT2D eigenvalue weighted by Gasteiger charge is -1.97. The predicted octanol–water partition coefficient (Wildman–Crippen LogP) is 0.596. The van der Waals surface area contributed by atoms with Gasteiger partial charge in [0.25, 0.3) is 0 Å². The van der Waals surface area contributed by atoms with E-state index in [1.54, 1.807) is 0 Å². The number of carboxylic acid groups (broad SMARTS) is 1. The van der Waals surface area contributed by atoms with E-state index in [1.807, 2.05) is 0 Å². The van der Waals surface area contributed by atoms with Gasteiger partial charge in [-0.2, -0.15) is 0 Å². The van der Waals surface area contributed by atoms with Gasteiger partial charge in [-0.1, -0.05) is 0 Å². The number of pyridine rings is 1. The van der Waals surface area contributed by atoms with Crippen LogP contribution in [0.2, 0.25) is 0 Å². The number of hydrogen-bond acceptors (Lipinski definition) is 6. The number of aromatic carboxylic acids is 1. The highest BCUT2D eigenvalue weighted by Crippen LogP contribution is 2.28. The average Bonchev–Trinajstić information content (AvgIpc) is 2.16. The maximum atomic E-state index is 10.5. The fourth-order valence-corrected chi connectivity index (χ4v) is 0.928. The summed E-state index contributed by atoms with van der Waals surface area (Å²) in [5, 5.41) is 29.4. The van der Waals surface area contributed by atoms with Crippen LogP contribution in [0.4, 0.5) is 11.4 Å². The Kier molecular flexibility index (Phi) is 2.56. The first-order valence-corrected chi connectivity index (χ1v) is 3.46. The molecule has 1 N–H and O–H groups in total. The van der Waals surface area contributed by atoms with E-state index >= 15 is 0 Å². The fraction of sp³-hybridized carbons (Fsp3) is 0. The number of hydrogen-bond donors (Lipinski definition) is 1. The van der Waals surface area contributed by atoms with Crippen LogP contribution < -0.4 is 0 Å². The van der Waals surface area contributed by atoms with E-state index in [-0.39, 0.29) is 0 Å². The molecule has 1 aromatic rings. The Bertz CT molecular complexity index is 424. The summed E-state index contributed by atoms with van der Waals surface area (Å²) < 4.78 is 0. The van der Waals surface area contributed by atoms with Crippen LogP contribution in [-0.4, -0.2) is 25.9 Å². The second kappa shape index (κ2) is 3.65. The Hall–Kier alpha value is -2.58. The summed E-state index contributed by atoms with van der Waals surface area (Å²) in [7, 11) is 0. The molecule has 0 saturated heterocycles. The molecule has 0 bridgehead atoms. The second-order valence-electron chi connectivity index (χ2n) is 2.35. The third kappa shape index (κ3) is 1.85. The lowest BCUT2D eigenvalue weighted by Crippen LogP contribution is -2.07. The molecule has 0 atom stereocenters. The standard InChI is InChI=1S/C6H3N3O6/c10-6(11)4-5(9(14)15)3(8(12)13)1-2-7-4/h1-2H,(H,10,11). The van der Waals surface area contributed by atoms with Gasteiger partial charge in [-0.3, -0.25) is 20.2 Å². The van der Waals surface area contributed by atoms with Crippen LogP contribution in [0.3, 0.4) is 0 Å². The lowest BCUT2D eigenvalue weighted by molar-refractivity contribution is -0.422. The molecule has 0 aliphatic heterocycles. The Labute approximate surface area is 81.3 Å². The van der Waals surface area contributed by atoms with Crippen molar-refractivity contribution in [3.05, 3.63) is 38.2 Å². The van der Waals surface area contributed by atoms with Crippen molar-refractivity contribution in [1.29, 1.82) is 0 Å². The van der Waals surface area contributed by atoms with Gasteiger partial charge in [0.15, 0.2) is 0 Å². The summed E-state index contributed by atoms with van der Waals surface area (Å²) in [5.74, 6) is -1.69. The van der Waals surface area contributed by atoms with Crippen LogP contribution >= 0.6 is 0 Å². The molecule has 1 aromatic heterocycles. The molecule has 0 unspecified atom stereocenters. The van der Waals surface area contributed by atoms with Gasteiger partial charge in [-0.15, -0.1) is 0 Å². The van der Waals surface area contributed by atoms with Gasteiger partial charge >= 0.3 is 17.3 Å². The van der Waals surface area contributed by atoms with Gasteiger partial charge in [-0.05, 0) is 0 Å². The van der Waals surface area contributed by atoms with Gasteiger partial charge in [0.1, 0.15) is 0 Å². The maximum Gasteiger partial charge on any atom is 0.378 e. The number of rotatable bonds is 3. The van der Waals surface area contributed by atoms with Crippen molar-refractivity contribution in [2.45, 2.75) is 0 Å². The van der Waals surface area contributed by atoms with Crippen LogP contribution in [-0.2, 0) is 0 Å². The zero-order valence-corrected chi connectivity index (χ0v) is 6.98. The largest absolute Gasteiger partial charge is 0.476 e. The summed E-state index contributed by atoms with van der Waals surface area (Å²) in [4.78, 5) is 32.4. The summed E-state index contributed by atoms with van der Waals surface area (Å²) in [6.45, 7) is 0. The van der Waals surface area contributed by atoms with Crippen molar-refractivity contribution in [1.82, 2.24) is 4.98 Å². The van der Waals surface area contributed by atoms with Crippen molar-refractivity contribution in [2.24, 2.45) is 0 Å². The Balaban J connectivity index is 3.56. The SMILES string of the molecule is O=C(O)c1nccc([N+](=O)[O-])c1[N+](=O)[O-]. The number of carboxylic acids is 1. The minimum atomic E-state index is -1.69. The van der Waals surface area contributed by atoms with Gasteiger partial charge in [0.2, 0.25) is 5.69 Å². The predicted molar refractivity (Wildman–Crippen MR) is 44.5 cm³/mol. The third-order valence-electron chi connectivity index (χ3n) is 1.48. The fourth-order valence-electron chi connectivity index (χ4n) is 0.928. The number of carbonyl (C=O) groups is 1. The molecule has 1 rings (SSSR count). The third-order valence-corrected chi connectivity index (χ3v) is 1.48. The highest BCUT2D eigenvalue weighted by atomic mass is 16.6. The molecule has 9 heteroatoms. The van der Waals surface area contributed by atoms with Gasteiger partial charge in [0, 0.05) is 12.3 Å². The van der Waals surface area contributed by atoms with Crippen LogP contribution in [0.15, 0.2) is 12.3 Å². The number of nitrogens with zero attached hydrogens (tertiary/aromatic N) is 3. The molecule has 0 amide bonds. The topological polar surface area (TPSA) is 136 Å². The molecule has 0 aromatic carbocycles. The molecular formula is C6H3N3O6. The molecule has 15 heavy (non-hydrogen) atoms. The van der Waals surface area contributed by atoms with E-state index in [9.17, 15) is 25.0 Å². The van der Waals surface area contributed by atoms with Gasteiger partial charge < -0.3 is 5.11 Å². The minimum absolute atomic E-state index is 0.768. The summed E-state index contributed by atoms with van der Waals surface area (Å²) in [6.07, 6.45) is 0.828. The van der Waals surface area contributed by atoms with Crippen molar-refractivity contribution < 1.29 is 19.7 Å². The summed E-state index contributed by atoms with van der Waals surface area (Å²) in [6, 6.07) is 0.768. The zero-order chi connectivity index (χ0) is 11.6. The number of aromatic nitrogens is 1. The molecule has 0 saturated carbocycles.